The van der Waals surface area contributed by atoms with Gasteiger partial charge in [-0.05, 0) is 97.5 Å². The summed E-state index contributed by atoms with van der Waals surface area (Å²) in [5.41, 5.74) is 3.97. The number of carbonyl (C=O) groups is 2. The van der Waals surface area contributed by atoms with E-state index in [1.54, 1.807) is 13.8 Å². The van der Waals surface area contributed by atoms with Crippen molar-refractivity contribution in [2.75, 3.05) is 0 Å². The molecule has 1 atom stereocenters. The van der Waals surface area contributed by atoms with E-state index >= 15 is 0 Å². The number of carbonyl (C=O) groups excluding carboxylic acids is 1. The highest BCUT2D eigenvalue weighted by atomic mass is 35.5. The Morgan fingerprint density at radius 1 is 0.957 bits per heavy atom. The van der Waals surface area contributed by atoms with E-state index in [1.165, 1.54) is 0 Å². The van der Waals surface area contributed by atoms with Crippen molar-refractivity contribution in [1.82, 2.24) is 10.3 Å². The highest BCUT2D eigenvalue weighted by Crippen LogP contribution is 2.42. The first kappa shape index (κ1) is 33.4. The Labute approximate surface area is 276 Å². The molecule has 3 aromatic carbocycles. The predicted octanol–water partition coefficient (Wildman–Crippen LogP) is 8.89. The fourth-order valence-electron chi connectivity index (χ4n) is 6.84. The van der Waals surface area contributed by atoms with Gasteiger partial charge in [-0.2, -0.15) is 0 Å². The summed E-state index contributed by atoms with van der Waals surface area (Å²) in [5.74, 6) is -0.971. The Hall–Kier alpha value is -4.00. The van der Waals surface area contributed by atoms with Gasteiger partial charge in [-0.3, -0.25) is 9.59 Å². The van der Waals surface area contributed by atoms with Gasteiger partial charge in [-0.25, -0.2) is 4.98 Å². The molecule has 240 valence electrons. The number of nitrogens with one attached hydrogen (secondary N) is 1. The monoisotopic (exact) mass is 638 g/mol. The third-order valence-electron chi connectivity index (χ3n) is 9.13. The van der Waals surface area contributed by atoms with Crippen LogP contribution >= 0.6 is 11.6 Å². The van der Waals surface area contributed by atoms with Gasteiger partial charge in [-0.1, -0.05) is 91.5 Å². The average molecular weight is 639 g/mol. The summed E-state index contributed by atoms with van der Waals surface area (Å²) in [6, 6.07) is 25.3. The number of benzene rings is 3. The van der Waals surface area contributed by atoms with Crippen molar-refractivity contribution in [2.24, 2.45) is 5.41 Å². The Bertz CT molecular complexity index is 1720. The topological polar surface area (TPSA) is 99.5 Å². The largest absolute Gasteiger partial charge is 0.481 e. The van der Waals surface area contributed by atoms with Crippen molar-refractivity contribution >= 4 is 46.5 Å². The molecule has 1 unspecified atom stereocenters. The number of fused-ring (bicyclic) bond motifs is 1. The Morgan fingerprint density at radius 3 is 2.48 bits per heavy atom. The third kappa shape index (κ3) is 8.83. The van der Waals surface area contributed by atoms with Crippen LogP contribution in [0.3, 0.4) is 0 Å². The lowest BCUT2D eigenvalue weighted by Gasteiger charge is -2.36. The minimum atomic E-state index is -0.994. The summed E-state index contributed by atoms with van der Waals surface area (Å²) in [6.45, 7) is 3.57. The second kappa shape index (κ2) is 14.6. The van der Waals surface area contributed by atoms with Crippen molar-refractivity contribution in [3.8, 4) is 0 Å². The summed E-state index contributed by atoms with van der Waals surface area (Å²) in [5, 5.41) is 25.4. The highest BCUT2D eigenvalue weighted by molar-refractivity contribution is 6.31. The molecule has 6 nitrogen and oxygen atoms in total. The van der Waals surface area contributed by atoms with Crippen LogP contribution in [0.15, 0.2) is 78.9 Å². The van der Waals surface area contributed by atoms with Crippen LogP contribution in [0.5, 0.6) is 0 Å². The van der Waals surface area contributed by atoms with Crippen LogP contribution in [0.4, 0.5) is 0 Å². The number of carboxylic acids is 1. The van der Waals surface area contributed by atoms with E-state index in [4.69, 9.17) is 16.6 Å². The zero-order valence-electron chi connectivity index (χ0n) is 26.6. The van der Waals surface area contributed by atoms with Gasteiger partial charge in [0.15, 0.2) is 0 Å². The minimum Gasteiger partial charge on any atom is -0.481 e. The van der Waals surface area contributed by atoms with E-state index in [9.17, 15) is 19.8 Å². The number of hydrogen-bond acceptors (Lipinski definition) is 4. The number of aliphatic hydroxyl groups is 1. The van der Waals surface area contributed by atoms with E-state index < -0.39 is 17.0 Å². The number of pyridine rings is 1. The van der Waals surface area contributed by atoms with Crippen LogP contribution in [0.1, 0.15) is 99.2 Å². The number of hydrogen-bond donors (Lipinski definition) is 3. The number of aryl methyl sites for hydroxylation is 1. The molecule has 0 saturated heterocycles. The van der Waals surface area contributed by atoms with Gasteiger partial charge in [0.05, 0.1) is 29.3 Å². The number of halogens is 1. The number of rotatable bonds is 12. The van der Waals surface area contributed by atoms with E-state index in [0.29, 0.717) is 17.9 Å². The van der Waals surface area contributed by atoms with E-state index in [0.717, 1.165) is 71.0 Å². The number of amides is 1. The van der Waals surface area contributed by atoms with Crippen LogP contribution in [0.2, 0.25) is 5.02 Å². The molecule has 5 rings (SSSR count). The van der Waals surface area contributed by atoms with Crippen LogP contribution in [0, 0.1) is 5.41 Å². The van der Waals surface area contributed by atoms with Crippen molar-refractivity contribution in [3.05, 3.63) is 112 Å². The molecule has 1 saturated carbocycles. The van der Waals surface area contributed by atoms with Gasteiger partial charge in [0, 0.05) is 16.8 Å². The lowest BCUT2D eigenvalue weighted by atomic mass is 9.69. The van der Waals surface area contributed by atoms with Gasteiger partial charge in [-0.15, -0.1) is 0 Å². The van der Waals surface area contributed by atoms with Crippen LogP contribution in [-0.2, 0) is 21.6 Å². The molecule has 46 heavy (non-hydrogen) atoms. The minimum absolute atomic E-state index is 0.0132. The summed E-state index contributed by atoms with van der Waals surface area (Å²) >= 11 is 6.18. The lowest BCUT2D eigenvalue weighted by Crippen LogP contribution is -2.37. The zero-order valence-corrected chi connectivity index (χ0v) is 27.4. The molecule has 0 spiro atoms. The maximum Gasteiger partial charge on any atom is 0.303 e. The molecule has 0 bridgehead atoms. The molecule has 3 N–H and O–H groups in total. The fraction of sp³-hybridized carbons (Fsp3) is 0.359. The molecule has 1 amide bonds. The molecular weight excluding hydrogens is 596 g/mol. The van der Waals surface area contributed by atoms with Crippen LogP contribution < -0.4 is 5.32 Å². The highest BCUT2D eigenvalue weighted by Gasteiger charge is 2.37. The summed E-state index contributed by atoms with van der Waals surface area (Å²) < 4.78 is 0. The molecule has 0 aliphatic heterocycles. The molecule has 1 fully saturated rings. The van der Waals surface area contributed by atoms with E-state index in [2.05, 4.69) is 11.4 Å². The van der Waals surface area contributed by atoms with E-state index in [1.807, 2.05) is 84.9 Å². The van der Waals surface area contributed by atoms with Crippen molar-refractivity contribution in [2.45, 2.75) is 83.3 Å². The number of nitrogens with zero attached hydrogens (tertiary/aromatic N) is 1. The van der Waals surface area contributed by atoms with Gasteiger partial charge in [0.1, 0.15) is 0 Å². The molecule has 1 aliphatic rings. The first-order valence-corrected chi connectivity index (χ1v) is 16.5. The summed E-state index contributed by atoms with van der Waals surface area (Å²) in [4.78, 5) is 30.2. The Balaban J connectivity index is 1.40. The van der Waals surface area contributed by atoms with Crippen LogP contribution in [-0.4, -0.2) is 27.1 Å². The van der Waals surface area contributed by atoms with E-state index in [-0.39, 0.29) is 24.8 Å². The molecule has 7 heteroatoms. The maximum atomic E-state index is 13.7. The van der Waals surface area contributed by atoms with Crippen molar-refractivity contribution in [3.63, 3.8) is 0 Å². The number of carboxylic acid groups (broad SMARTS) is 1. The smallest absolute Gasteiger partial charge is 0.303 e. The molecule has 4 aromatic rings. The average Bonchev–Trinajstić information content (AvgIpc) is 3.01. The molecule has 1 aromatic heterocycles. The first-order valence-electron chi connectivity index (χ1n) is 16.2. The van der Waals surface area contributed by atoms with Gasteiger partial charge < -0.3 is 15.5 Å². The second-order valence-electron chi connectivity index (χ2n) is 13.3. The van der Waals surface area contributed by atoms with Gasteiger partial charge >= 0.3 is 5.97 Å². The standard InChI is InChI=1S/C39H43ClN2O4/c1-38(2,46)33-12-5-4-10-28(33)16-20-34(42-36(43)25-39(26-37(44)45)21-6-3-7-22-39)30-11-8-9-27(23-30)13-18-32-19-15-29-14-17-31(40)24-35(29)41-32/h4-5,8-15,17-19,23-24,34,46H,3,6-7,16,20-22,25-26H2,1-2H3,(H,42,43)(H,44,45)/b18-13+. The third-order valence-corrected chi connectivity index (χ3v) is 9.36. The fourth-order valence-corrected chi connectivity index (χ4v) is 7.01. The maximum absolute atomic E-state index is 13.7. The van der Waals surface area contributed by atoms with Gasteiger partial charge in [0.2, 0.25) is 5.91 Å². The normalized spacial score (nSPS) is 15.6. The lowest BCUT2D eigenvalue weighted by molar-refractivity contribution is -0.141. The first-order chi connectivity index (χ1) is 22.0. The molecular formula is C39H43ClN2O4. The molecule has 0 radical (unpaired) electrons. The van der Waals surface area contributed by atoms with Crippen LogP contribution in [0.25, 0.3) is 23.1 Å². The van der Waals surface area contributed by atoms with Crippen molar-refractivity contribution < 1.29 is 19.8 Å². The predicted molar refractivity (Wildman–Crippen MR) is 185 cm³/mol. The number of aromatic nitrogens is 1. The Morgan fingerprint density at radius 2 is 1.72 bits per heavy atom. The summed E-state index contributed by atoms with van der Waals surface area (Å²) in [6.07, 6.45) is 9.94. The zero-order chi connectivity index (χ0) is 32.7. The van der Waals surface area contributed by atoms with Crippen molar-refractivity contribution in [1.29, 1.82) is 0 Å². The Kier molecular flexibility index (Phi) is 10.6. The number of aliphatic carboxylic acids is 1. The van der Waals surface area contributed by atoms with Gasteiger partial charge in [0.25, 0.3) is 0 Å². The summed E-state index contributed by atoms with van der Waals surface area (Å²) in [7, 11) is 0. The quantitative estimate of drug-likeness (QED) is 0.144. The molecule has 1 heterocycles. The second-order valence-corrected chi connectivity index (χ2v) is 13.7. The molecule has 1 aliphatic carbocycles. The SMILES string of the molecule is CC(C)(O)c1ccccc1CCC(NC(=O)CC1(CC(=O)O)CCCCC1)c1cccc(/C=C/c2ccc3ccc(Cl)cc3n2)c1.